The number of rotatable bonds is 2. The molecule has 5 nitrogen and oxygen atoms in total. The molecule has 1 aromatic carbocycles. The summed E-state index contributed by atoms with van der Waals surface area (Å²) in [4.78, 5) is 4.04. The molecule has 100 valence electrons. The normalized spacial score (nSPS) is 11.5. The molecular formula is C12H6F2N4OS. The molecule has 0 saturated carbocycles. The lowest BCUT2D eigenvalue weighted by atomic mass is 10.3. The second kappa shape index (κ2) is 4.89. The number of nitrogens with zero attached hydrogens (tertiary/aromatic N) is 4. The Morgan fingerprint density at radius 3 is 2.65 bits per heavy atom. The maximum Gasteiger partial charge on any atom is 0.187 e. The fourth-order valence-electron chi connectivity index (χ4n) is 1.56. The van der Waals surface area contributed by atoms with Crippen molar-refractivity contribution in [3.63, 3.8) is 0 Å². The Kier molecular flexibility index (Phi) is 3.07. The molecule has 0 spiro atoms. The molecular weight excluding hydrogens is 286 g/mol. The molecule has 2 heterocycles. The van der Waals surface area contributed by atoms with E-state index in [0.29, 0.717) is 16.0 Å². The second-order valence-corrected chi connectivity index (χ2v) is 4.57. The highest BCUT2D eigenvalue weighted by atomic mass is 32.1. The van der Waals surface area contributed by atoms with E-state index < -0.39 is 17.4 Å². The largest absolute Gasteiger partial charge is 0.503 e. The van der Waals surface area contributed by atoms with Crippen LogP contribution in [0.5, 0.6) is 5.75 Å². The van der Waals surface area contributed by atoms with E-state index in [9.17, 15) is 8.78 Å². The first-order valence-electron chi connectivity index (χ1n) is 5.45. The molecule has 0 bridgehead atoms. The van der Waals surface area contributed by atoms with Gasteiger partial charge in [0.05, 0.1) is 11.1 Å². The van der Waals surface area contributed by atoms with Crippen molar-refractivity contribution < 1.29 is 13.9 Å². The first kappa shape index (κ1) is 12.5. The number of fused-ring (bicyclic) bond motifs is 1. The molecule has 2 aromatic heterocycles. The number of hydrogen-bond donors (Lipinski definition) is 1. The Labute approximate surface area is 115 Å². The van der Waals surface area contributed by atoms with Gasteiger partial charge in [0.15, 0.2) is 28.0 Å². The molecule has 0 aliphatic heterocycles. The number of aromatic nitrogens is 2. The average Bonchev–Trinajstić information content (AvgIpc) is 2.85. The van der Waals surface area contributed by atoms with Gasteiger partial charge in [-0.15, -0.1) is 10.2 Å². The van der Waals surface area contributed by atoms with Crippen LogP contribution in [0.4, 0.5) is 19.5 Å². The fraction of sp³-hybridized carbons (Fsp3) is 0. The van der Waals surface area contributed by atoms with Gasteiger partial charge in [-0.25, -0.2) is 13.8 Å². The number of phenolic OH excluding ortho intramolecular Hbond substituents is 1. The van der Waals surface area contributed by atoms with E-state index in [4.69, 9.17) is 5.11 Å². The first-order chi connectivity index (χ1) is 9.65. The van der Waals surface area contributed by atoms with Crippen LogP contribution in [0, 0.1) is 11.6 Å². The fourth-order valence-corrected chi connectivity index (χ4v) is 2.21. The number of aromatic hydroxyl groups is 1. The molecule has 0 amide bonds. The highest BCUT2D eigenvalue weighted by Gasteiger charge is 2.10. The van der Waals surface area contributed by atoms with Crippen molar-refractivity contribution in [3.05, 3.63) is 42.1 Å². The Bertz CT molecular complexity index is 795. The summed E-state index contributed by atoms with van der Waals surface area (Å²) in [5.74, 6) is -3.21. The summed E-state index contributed by atoms with van der Waals surface area (Å²) in [5.41, 5.74) is 0.498. The molecule has 0 fully saturated rings. The third-order valence-corrected chi connectivity index (χ3v) is 3.23. The lowest BCUT2D eigenvalue weighted by molar-refractivity contribution is 0.396. The molecule has 0 aliphatic carbocycles. The van der Waals surface area contributed by atoms with Crippen molar-refractivity contribution in [2.75, 3.05) is 0 Å². The number of phenols is 1. The minimum absolute atomic E-state index is 0.0387. The predicted octanol–water partition coefficient (Wildman–Crippen LogP) is 4.09. The van der Waals surface area contributed by atoms with Crippen LogP contribution in [0.15, 0.2) is 40.7 Å². The van der Waals surface area contributed by atoms with Gasteiger partial charge in [0.25, 0.3) is 0 Å². The van der Waals surface area contributed by atoms with Crippen molar-refractivity contribution >= 4 is 33.3 Å². The summed E-state index contributed by atoms with van der Waals surface area (Å²) < 4.78 is 30.4. The van der Waals surface area contributed by atoms with Crippen molar-refractivity contribution in [3.8, 4) is 5.75 Å². The van der Waals surface area contributed by atoms with E-state index in [1.54, 1.807) is 18.3 Å². The number of hydrogen-bond acceptors (Lipinski definition) is 6. The highest BCUT2D eigenvalue weighted by Crippen LogP contribution is 2.32. The van der Waals surface area contributed by atoms with Gasteiger partial charge < -0.3 is 5.11 Å². The zero-order valence-corrected chi connectivity index (χ0v) is 10.6. The summed E-state index contributed by atoms with van der Waals surface area (Å²) in [7, 11) is 0. The lowest BCUT2D eigenvalue weighted by Crippen LogP contribution is -1.81. The van der Waals surface area contributed by atoms with Gasteiger partial charge in [-0.05, 0) is 23.7 Å². The van der Waals surface area contributed by atoms with E-state index in [2.05, 4.69) is 19.6 Å². The predicted molar refractivity (Wildman–Crippen MR) is 69.6 cm³/mol. The van der Waals surface area contributed by atoms with Crippen LogP contribution in [0.2, 0.25) is 0 Å². The van der Waals surface area contributed by atoms with Crippen LogP contribution in [-0.2, 0) is 0 Å². The number of benzene rings is 1. The van der Waals surface area contributed by atoms with Gasteiger partial charge in [0, 0.05) is 18.3 Å². The van der Waals surface area contributed by atoms with Crippen LogP contribution >= 0.6 is 11.5 Å². The molecule has 3 rings (SSSR count). The number of azo groups is 1. The van der Waals surface area contributed by atoms with Crippen molar-refractivity contribution in [1.82, 2.24) is 9.36 Å². The summed E-state index contributed by atoms with van der Waals surface area (Å²) in [5, 5.41) is 17.8. The van der Waals surface area contributed by atoms with Gasteiger partial charge in [0.2, 0.25) is 0 Å². The molecule has 0 aliphatic rings. The maximum absolute atomic E-state index is 13.1. The Hall–Kier alpha value is -2.48. The Morgan fingerprint density at radius 2 is 1.90 bits per heavy atom. The van der Waals surface area contributed by atoms with Crippen LogP contribution < -0.4 is 0 Å². The van der Waals surface area contributed by atoms with Gasteiger partial charge in [0.1, 0.15) is 0 Å². The van der Waals surface area contributed by atoms with Crippen molar-refractivity contribution in [2.45, 2.75) is 0 Å². The summed E-state index contributed by atoms with van der Waals surface area (Å²) in [6.07, 6.45) is 1.60. The molecule has 0 atom stereocenters. The summed E-state index contributed by atoms with van der Waals surface area (Å²) >= 11 is 1.08. The molecule has 1 N–H and O–H groups in total. The van der Waals surface area contributed by atoms with E-state index >= 15 is 0 Å². The lowest BCUT2D eigenvalue weighted by Gasteiger charge is -1.98. The van der Waals surface area contributed by atoms with Crippen molar-refractivity contribution in [1.29, 1.82) is 0 Å². The van der Waals surface area contributed by atoms with Gasteiger partial charge in [-0.1, -0.05) is 0 Å². The maximum atomic E-state index is 13.1. The standard InChI is InChI=1S/C12H6F2N4OS/c13-8-4-6(5-9(14)10(8)19)16-17-12-7-2-1-3-15-11(7)18-20-12/h1-5,19H. The van der Waals surface area contributed by atoms with Crippen molar-refractivity contribution in [2.24, 2.45) is 10.2 Å². The zero-order chi connectivity index (χ0) is 14.1. The highest BCUT2D eigenvalue weighted by molar-refractivity contribution is 7.11. The van der Waals surface area contributed by atoms with E-state index in [1.807, 2.05) is 0 Å². The van der Waals surface area contributed by atoms with Crippen LogP contribution in [0.1, 0.15) is 0 Å². The summed E-state index contributed by atoms with van der Waals surface area (Å²) in [6.45, 7) is 0. The van der Waals surface area contributed by atoms with Gasteiger partial charge in [-0.2, -0.15) is 4.37 Å². The van der Waals surface area contributed by atoms with Crippen LogP contribution in [0.3, 0.4) is 0 Å². The van der Waals surface area contributed by atoms with Crippen LogP contribution in [-0.4, -0.2) is 14.5 Å². The molecule has 3 aromatic rings. The second-order valence-electron chi connectivity index (χ2n) is 3.82. The van der Waals surface area contributed by atoms with E-state index in [0.717, 1.165) is 23.7 Å². The minimum atomic E-state index is -1.09. The summed E-state index contributed by atoms with van der Waals surface area (Å²) in [6, 6.07) is 5.29. The van der Waals surface area contributed by atoms with Gasteiger partial charge in [-0.3, -0.25) is 0 Å². The molecule has 8 heteroatoms. The van der Waals surface area contributed by atoms with E-state index in [-0.39, 0.29) is 5.69 Å². The third-order valence-electron chi connectivity index (χ3n) is 2.49. The Balaban J connectivity index is 1.98. The average molecular weight is 292 g/mol. The molecule has 0 radical (unpaired) electrons. The monoisotopic (exact) mass is 292 g/mol. The minimum Gasteiger partial charge on any atom is -0.503 e. The Morgan fingerprint density at radius 1 is 1.15 bits per heavy atom. The number of halogens is 2. The SMILES string of the molecule is Oc1c(F)cc(N=Nc2snc3ncccc23)cc1F. The molecule has 0 saturated heterocycles. The van der Waals surface area contributed by atoms with E-state index in [1.165, 1.54) is 0 Å². The molecule has 0 unspecified atom stereocenters. The topological polar surface area (TPSA) is 70.7 Å². The quantitative estimate of drug-likeness (QED) is 0.723. The third kappa shape index (κ3) is 2.21. The van der Waals surface area contributed by atoms with Gasteiger partial charge >= 0.3 is 0 Å². The number of pyridine rings is 1. The molecule has 20 heavy (non-hydrogen) atoms. The first-order valence-corrected chi connectivity index (χ1v) is 6.22. The smallest absolute Gasteiger partial charge is 0.187 e. The van der Waals surface area contributed by atoms with Crippen LogP contribution in [0.25, 0.3) is 11.0 Å². The zero-order valence-electron chi connectivity index (χ0n) is 9.79.